The van der Waals surface area contributed by atoms with E-state index in [9.17, 15) is 5.26 Å². The van der Waals surface area contributed by atoms with E-state index >= 15 is 0 Å². The molecule has 0 radical (unpaired) electrons. The topological polar surface area (TPSA) is 33.0 Å². The van der Waals surface area contributed by atoms with E-state index in [0.29, 0.717) is 6.61 Å². The van der Waals surface area contributed by atoms with Crippen LogP contribution in [-0.2, 0) is 4.75 Å². The van der Waals surface area contributed by atoms with Crippen LogP contribution in [0.15, 0.2) is 22.7 Å². The third kappa shape index (κ3) is 1.96. The number of hydrogen-bond acceptors (Lipinski definition) is 2. The summed E-state index contributed by atoms with van der Waals surface area (Å²) in [7, 11) is -1.02. The summed E-state index contributed by atoms with van der Waals surface area (Å²) in [6, 6.07) is 8.56. The smallest absolute Gasteiger partial charge is 0.126 e. The Morgan fingerprint density at radius 3 is 2.71 bits per heavy atom. The zero-order valence-corrected chi connectivity index (χ0v) is 12.7. The number of nitriles is 1. The SMILES string of the molecule is CS(C)(C)C1(C#N)CCOc2cc(Br)ccc21. The molecule has 1 aromatic carbocycles. The third-order valence-corrected chi connectivity index (χ3v) is 6.42. The van der Waals surface area contributed by atoms with Crippen molar-refractivity contribution in [2.75, 3.05) is 25.4 Å². The van der Waals surface area contributed by atoms with Gasteiger partial charge in [0.05, 0.1) is 12.7 Å². The maximum absolute atomic E-state index is 9.70. The van der Waals surface area contributed by atoms with E-state index < -0.39 is 10.0 Å². The molecule has 0 fully saturated rings. The standard InChI is InChI=1S/C13H16BrNOS/c1-17(2,3)13(9-15)6-7-16-12-8-10(14)4-5-11(12)13/h4-5,8H,6-7H2,1-3H3. The molecule has 0 N–H and O–H groups in total. The fourth-order valence-electron chi connectivity index (χ4n) is 2.28. The monoisotopic (exact) mass is 313 g/mol. The minimum absolute atomic E-state index is 0.374. The fourth-order valence-corrected chi connectivity index (χ4v) is 4.42. The average Bonchev–Trinajstić information content (AvgIpc) is 2.26. The summed E-state index contributed by atoms with van der Waals surface area (Å²) in [5.74, 6) is 0.856. The fraction of sp³-hybridized carbons (Fsp3) is 0.462. The van der Waals surface area contributed by atoms with Gasteiger partial charge in [0.25, 0.3) is 0 Å². The van der Waals surface area contributed by atoms with Crippen LogP contribution in [0, 0.1) is 11.3 Å². The molecule has 1 unspecified atom stereocenters. The first-order valence-electron chi connectivity index (χ1n) is 5.43. The van der Waals surface area contributed by atoms with Gasteiger partial charge in [0.1, 0.15) is 10.5 Å². The summed E-state index contributed by atoms with van der Waals surface area (Å²) >= 11 is 3.44. The molecule has 0 aliphatic carbocycles. The van der Waals surface area contributed by atoms with Gasteiger partial charge in [0, 0.05) is 16.5 Å². The first-order valence-corrected chi connectivity index (χ1v) is 9.08. The van der Waals surface area contributed by atoms with E-state index in [1.165, 1.54) is 0 Å². The van der Waals surface area contributed by atoms with Crippen LogP contribution in [0.2, 0.25) is 0 Å². The molecule has 0 bridgehead atoms. The molecule has 1 aliphatic heterocycles. The molecule has 17 heavy (non-hydrogen) atoms. The highest BCUT2D eigenvalue weighted by Crippen LogP contribution is 2.61. The van der Waals surface area contributed by atoms with E-state index in [0.717, 1.165) is 22.2 Å². The largest absolute Gasteiger partial charge is 0.493 e. The minimum Gasteiger partial charge on any atom is -0.493 e. The Hall–Kier alpha value is -0.660. The van der Waals surface area contributed by atoms with Crippen molar-refractivity contribution in [2.24, 2.45) is 0 Å². The number of fused-ring (bicyclic) bond motifs is 1. The van der Waals surface area contributed by atoms with E-state index in [1.807, 2.05) is 18.2 Å². The van der Waals surface area contributed by atoms with Crippen molar-refractivity contribution >= 4 is 26.0 Å². The van der Waals surface area contributed by atoms with Crippen LogP contribution in [0.3, 0.4) is 0 Å². The van der Waals surface area contributed by atoms with Crippen molar-refractivity contribution in [2.45, 2.75) is 11.2 Å². The number of benzene rings is 1. The molecule has 0 spiro atoms. The summed E-state index contributed by atoms with van der Waals surface area (Å²) in [5.41, 5.74) is 1.05. The van der Waals surface area contributed by atoms with Crippen molar-refractivity contribution in [1.29, 1.82) is 5.26 Å². The Labute approximate surface area is 112 Å². The van der Waals surface area contributed by atoms with Crippen molar-refractivity contribution in [3.05, 3.63) is 28.2 Å². The zero-order chi connectivity index (χ0) is 12.7. The van der Waals surface area contributed by atoms with Crippen molar-refractivity contribution in [3.63, 3.8) is 0 Å². The predicted octanol–water partition coefficient (Wildman–Crippen LogP) is 3.64. The normalized spacial score (nSPS) is 24.4. The number of rotatable bonds is 1. The van der Waals surface area contributed by atoms with Gasteiger partial charge in [-0.3, -0.25) is 0 Å². The molecule has 1 aromatic rings. The molecular weight excluding hydrogens is 298 g/mol. The van der Waals surface area contributed by atoms with Gasteiger partial charge in [-0.25, -0.2) is 10.0 Å². The van der Waals surface area contributed by atoms with Gasteiger partial charge >= 0.3 is 0 Å². The van der Waals surface area contributed by atoms with Crippen LogP contribution in [0.25, 0.3) is 0 Å². The number of nitrogens with zero attached hydrogens (tertiary/aromatic N) is 1. The summed E-state index contributed by atoms with van der Waals surface area (Å²) < 4.78 is 6.31. The molecule has 4 heteroatoms. The molecule has 0 saturated heterocycles. The Morgan fingerprint density at radius 1 is 1.41 bits per heavy atom. The van der Waals surface area contributed by atoms with Gasteiger partial charge in [-0.05, 0) is 30.9 Å². The van der Waals surface area contributed by atoms with E-state index in [4.69, 9.17) is 4.74 Å². The summed E-state index contributed by atoms with van der Waals surface area (Å²) in [4.78, 5) is 0. The molecule has 2 nitrogen and oxygen atoms in total. The lowest BCUT2D eigenvalue weighted by molar-refractivity contribution is 0.271. The summed E-state index contributed by atoms with van der Waals surface area (Å²) in [6.45, 7) is 0.626. The van der Waals surface area contributed by atoms with Gasteiger partial charge in [-0.2, -0.15) is 5.26 Å². The van der Waals surface area contributed by atoms with Crippen molar-refractivity contribution in [1.82, 2.24) is 0 Å². The van der Waals surface area contributed by atoms with Crippen molar-refractivity contribution in [3.8, 4) is 11.8 Å². The van der Waals surface area contributed by atoms with Crippen LogP contribution in [-0.4, -0.2) is 25.4 Å². The first kappa shape index (κ1) is 12.8. The van der Waals surface area contributed by atoms with Gasteiger partial charge in [-0.15, -0.1) is 0 Å². The highest BCUT2D eigenvalue weighted by molar-refractivity contribution is 9.10. The average molecular weight is 314 g/mol. The summed E-state index contributed by atoms with van der Waals surface area (Å²) in [5, 5.41) is 9.70. The molecule has 0 amide bonds. The predicted molar refractivity (Wildman–Crippen MR) is 76.9 cm³/mol. The van der Waals surface area contributed by atoms with Crippen LogP contribution in [0.1, 0.15) is 12.0 Å². The van der Waals surface area contributed by atoms with Gasteiger partial charge in [-0.1, -0.05) is 22.0 Å². The van der Waals surface area contributed by atoms with E-state index in [-0.39, 0.29) is 4.75 Å². The van der Waals surface area contributed by atoms with Crippen LogP contribution < -0.4 is 4.74 Å². The maximum atomic E-state index is 9.70. The lowest BCUT2D eigenvalue weighted by Crippen LogP contribution is -2.35. The first-order chi connectivity index (χ1) is 7.90. The quantitative estimate of drug-likeness (QED) is 0.793. The Bertz CT molecular complexity index is 489. The Morgan fingerprint density at radius 2 is 2.12 bits per heavy atom. The van der Waals surface area contributed by atoms with E-state index in [2.05, 4.69) is 40.8 Å². The molecule has 1 atom stereocenters. The van der Waals surface area contributed by atoms with Crippen LogP contribution >= 0.6 is 26.0 Å². The second-order valence-electron chi connectivity index (χ2n) is 5.01. The second kappa shape index (κ2) is 4.22. The summed E-state index contributed by atoms with van der Waals surface area (Å²) in [6.07, 6.45) is 7.39. The number of ether oxygens (including phenoxy) is 1. The van der Waals surface area contributed by atoms with E-state index in [1.54, 1.807) is 0 Å². The molecule has 1 heterocycles. The number of hydrogen-bond donors (Lipinski definition) is 0. The number of halogens is 1. The third-order valence-electron chi connectivity index (χ3n) is 3.32. The molecule has 92 valence electrons. The zero-order valence-electron chi connectivity index (χ0n) is 10.3. The second-order valence-corrected chi connectivity index (χ2v) is 10.3. The maximum Gasteiger partial charge on any atom is 0.126 e. The highest BCUT2D eigenvalue weighted by atomic mass is 79.9. The lowest BCUT2D eigenvalue weighted by atomic mass is 9.93. The van der Waals surface area contributed by atoms with Crippen molar-refractivity contribution < 1.29 is 4.74 Å². The highest BCUT2D eigenvalue weighted by Gasteiger charge is 2.45. The molecular formula is C13H16BrNOS. The Balaban J connectivity index is 2.65. The molecule has 0 aromatic heterocycles. The molecule has 2 rings (SSSR count). The lowest BCUT2D eigenvalue weighted by Gasteiger charge is -2.46. The van der Waals surface area contributed by atoms with Gasteiger partial charge in [0.2, 0.25) is 0 Å². The molecule has 0 saturated carbocycles. The molecule has 1 aliphatic rings. The van der Waals surface area contributed by atoms with Crippen LogP contribution in [0.4, 0.5) is 0 Å². The minimum atomic E-state index is -1.02. The Kier molecular flexibility index (Phi) is 3.17. The van der Waals surface area contributed by atoms with Crippen LogP contribution in [0.5, 0.6) is 5.75 Å². The van der Waals surface area contributed by atoms with Gasteiger partial charge in [0.15, 0.2) is 0 Å². The van der Waals surface area contributed by atoms with Gasteiger partial charge < -0.3 is 4.74 Å².